The number of hydrogen-bond donors (Lipinski definition) is 1. The van der Waals surface area contributed by atoms with Crippen molar-refractivity contribution in [1.29, 1.82) is 0 Å². The summed E-state index contributed by atoms with van der Waals surface area (Å²) in [6.07, 6.45) is -0.541. The van der Waals surface area contributed by atoms with Gasteiger partial charge in [-0.2, -0.15) is 0 Å². The Morgan fingerprint density at radius 1 is 1.29 bits per heavy atom. The van der Waals surface area contributed by atoms with Crippen LogP contribution in [0.25, 0.3) is 0 Å². The van der Waals surface area contributed by atoms with E-state index in [1.54, 1.807) is 6.92 Å². The van der Waals surface area contributed by atoms with Gasteiger partial charge in [-0.1, -0.05) is 13.8 Å². The van der Waals surface area contributed by atoms with Crippen molar-refractivity contribution in [3.8, 4) is 0 Å². The third kappa shape index (κ3) is 5.43. The largest absolute Gasteiger partial charge is 0.463 e. The highest BCUT2D eigenvalue weighted by Gasteiger charge is 2.17. The van der Waals surface area contributed by atoms with Crippen LogP contribution in [-0.2, 0) is 10.0 Å². The average molecular weight is 263 g/mol. The van der Waals surface area contributed by atoms with Crippen molar-refractivity contribution in [3.05, 3.63) is 0 Å². The molecule has 0 aliphatic carbocycles. The Labute approximate surface area is 101 Å². The lowest BCUT2D eigenvalue weighted by molar-refractivity contribution is 0.205. The van der Waals surface area contributed by atoms with Crippen LogP contribution in [-0.4, -0.2) is 48.9 Å². The first kappa shape index (κ1) is 15.6. The standard InChI is InChI=1S/C9H17N3O4S/c1-6(2)7(3)10-8(11-9(13)14)12(4)17(5,15)16/h6H,1-5H3,(H,13,14)/b10-7+,11-8+. The maximum Gasteiger partial charge on any atom is 0.434 e. The Hall–Kier alpha value is -1.44. The first-order chi connectivity index (χ1) is 7.55. The summed E-state index contributed by atoms with van der Waals surface area (Å²) in [4.78, 5) is 17.6. The van der Waals surface area contributed by atoms with Crippen molar-refractivity contribution in [2.75, 3.05) is 13.3 Å². The van der Waals surface area contributed by atoms with Crippen LogP contribution in [0.4, 0.5) is 4.79 Å². The topological polar surface area (TPSA) is 99.4 Å². The number of nitrogens with zero attached hydrogens (tertiary/aromatic N) is 3. The number of carboxylic acid groups (broad SMARTS) is 1. The summed E-state index contributed by atoms with van der Waals surface area (Å²) in [6.45, 7) is 5.40. The van der Waals surface area contributed by atoms with Crippen LogP contribution in [0.2, 0.25) is 0 Å². The summed E-state index contributed by atoms with van der Waals surface area (Å²) in [5, 5.41) is 8.57. The molecule has 0 aromatic rings. The van der Waals surface area contributed by atoms with Crippen molar-refractivity contribution in [2.24, 2.45) is 15.9 Å². The molecule has 0 unspecified atom stereocenters. The van der Waals surface area contributed by atoms with E-state index in [0.717, 1.165) is 10.6 Å². The van der Waals surface area contributed by atoms with Crippen LogP contribution in [0.3, 0.4) is 0 Å². The van der Waals surface area contributed by atoms with Crippen molar-refractivity contribution in [1.82, 2.24) is 4.31 Å². The lowest BCUT2D eigenvalue weighted by Crippen LogP contribution is -2.32. The van der Waals surface area contributed by atoms with Gasteiger partial charge < -0.3 is 5.11 Å². The van der Waals surface area contributed by atoms with Crippen LogP contribution in [0.5, 0.6) is 0 Å². The number of amides is 1. The predicted octanol–water partition coefficient (Wildman–Crippen LogP) is 1.03. The first-order valence-electron chi connectivity index (χ1n) is 4.86. The molecule has 98 valence electrons. The number of sulfonamides is 1. The molecule has 0 fully saturated rings. The minimum absolute atomic E-state index is 0.0713. The molecule has 1 amide bonds. The molecule has 17 heavy (non-hydrogen) atoms. The van der Waals surface area contributed by atoms with E-state index in [0.29, 0.717) is 5.71 Å². The summed E-state index contributed by atoms with van der Waals surface area (Å²) in [5.41, 5.74) is 0.598. The molecule has 0 aliphatic heterocycles. The lowest BCUT2D eigenvalue weighted by Gasteiger charge is -2.16. The number of rotatable bonds is 2. The number of carbonyl (C=O) groups is 1. The molecule has 0 heterocycles. The molecule has 0 rings (SSSR count). The monoisotopic (exact) mass is 263 g/mol. The summed E-state index contributed by atoms with van der Waals surface area (Å²) >= 11 is 0. The van der Waals surface area contributed by atoms with Gasteiger partial charge >= 0.3 is 6.09 Å². The second kappa shape index (κ2) is 5.76. The van der Waals surface area contributed by atoms with Gasteiger partial charge in [0.1, 0.15) is 0 Å². The molecule has 8 heteroatoms. The van der Waals surface area contributed by atoms with Crippen molar-refractivity contribution >= 4 is 27.8 Å². The fraction of sp³-hybridized carbons (Fsp3) is 0.667. The Bertz CT molecular complexity index is 451. The van der Waals surface area contributed by atoms with Gasteiger partial charge in [-0.05, 0) is 12.8 Å². The van der Waals surface area contributed by atoms with E-state index in [-0.39, 0.29) is 11.9 Å². The molecule has 0 aliphatic rings. The Kier molecular flexibility index (Phi) is 5.27. The third-order valence-corrected chi connectivity index (χ3v) is 3.24. The van der Waals surface area contributed by atoms with Gasteiger partial charge in [-0.25, -0.2) is 22.5 Å². The second-order valence-electron chi connectivity index (χ2n) is 3.83. The summed E-state index contributed by atoms with van der Waals surface area (Å²) in [6, 6.07) is 0. The molecule has 0 atom stereocenters. The highest BCUT2D eigenvalue weighted by Crippen LogP contribution is 2.03. The van der Waals surface area contributed by atoms with Crippen LogP contribution in [0.1, 0.15) is 20.8 Å². The molecule has 0 aromatic heterocycles. The van der Waals surface area contributed by atoms with Crippen LogP contribution >= 0.6 is 0 Å². The minimum atomic E-state index is -3.59. The molecule has 0 bridgehead atoms. The molecule has 0 aromatic carbocycles. The van der Waals surface area contributed by atoms with E-state index in [1.807, 2.05) is 13.8 Å². The second-order valence-corrected chi connectivity index (χ2v) is 5.85. The van der Waals surface area contributed by atoms with Crippen molar-refractivity contribution in [3.63, 3.8) is 0 Å². The molecule has 0 spiro atoms. The fourth-order valence-electron chi connectivity index (χ4n) is 0.687. The third-order valence-electron chi connectivity index (χ3n) is 2.09. The van der Waals surface area contributed by atoms with Gasteiger partial charge in [0.15, 0.2) is 0 Å². The van der Waals surface area contributed by atoms with E-state index in [9.17, 15) is 13.2 Å². The lowest BCUT2D eigenvalue weighted by atomic mass is 10.1. The zero-order valence-electron chi connectivity index (χ0n) is 10.5. The first-order valence-corrected chi connectivity index (χ1v) is 6.71. The van der Waals surface area contributed by atoms with E-state index in [4.69, 9.17) is 5.11 Å². The van der Waals surface area contributed by atoms with E-state index >= 15 is 0 Å². The zero-order chi connectivity index (χ0) is 13.8. The Morgan fingerprint density at radius 3 is 2.06 bits per heavy atom. The average Bonchev–Trinajstić information content (AvgIpc) is 2.13. The minimum Gasteiger partial charge on any atom is -0.463 e. The molecular formula is C9H17N3O4S. The molecule has 1 N–H and O–H groups in total. The molecular weight excluding hydrogens is 246 g/mol. The maximum absolute atomic E-state index is 11.3. The van der Waals surface area contributed by atoms with Crippen molar-refractivity contribution < 1.29 is 18.3 Å². The van der Waals surface area contributed by atoms with Crippen LogP contribution in [0, 0.1) is 5.92 Å². The quantitative estimate of drug-likeness (QED) is 0.594. The maximum atomic E-state index is 11.3. The smallest absolute Gasteiger partial charge is 0.434 e. The number of aliphatic imine (C=N–C) groups is 2. The van der Waals surface area contributed by atoms with Gasteiger partial charge in [-0.15, -0.1) is 4.99 Å². The van der Waals surface area contributed by atoms with E-state index in [2.05, 4.69) is 9.98 Å². The van der Waals surface area contributed by atoms with Crippen LogP contribution in [0.15, 0.2) is 9.98 Å². The summed E-state index contributed by atoms with van der Waals surface area (Å²) in [7, 11) is -2.38. The van der Waals surface area contributed by atoms with Gasteiger partial charge in [0.2, 0.25) is 16.0 Å². The van der Waals surface area contributed by atoms with E-state index < -0.39 is 16.1 Å². The Morgan fingerprint density at radius 2 is 1.76 bits per heavy atom. The van der Waals surface area contributed by atoms with Crippen LogP contribution < -0.4 is 0 Å². The number of guanidine groups is 1. The predicted molar refractivity (Wildman–Crippen MR) is 66.0 cm³/mol. The normalized spacial score (nSPS) is 14.0. The summed E-state index contributed by atoms with van der Waals surface area (Å²) < 4.78 is 23.3. The highest BCUT2D eigenvalue weighted by atomic mass is 32.2. The zero-order valence-corrected chi connectivity index (χ0v) is 11.3. The van der Waals surface area contributed by atoms with Gasteiger partial charge in [0.05, 0.1) is 6.26 Å². The Balaban J connectivity index is 5.48. The number of hydrogen-bond acceptors (Lipinski definition) is 3. The molecule has 0 radical (unpaired) electrons. The molecule has 7 nitrogen and oxygen atoms in total. The van der Waals surface area contributed by atoms with Crippen molar-refractivity contribution in [2.45, 2.75) is 20.8 Å². The molecule has 0 saturated carbocycles. The van der Waals surface area contributed by atoms with Gasteiger partial charge in [0.25, 0.3) is 0 Å². The SMILES string of the molecule is C/C(=N\C(=N/C(=O)O)N(C)S(C)(=O)=O)C(C)C. The van der Waals surface area contributed by atoms with Gasteiger partial charge in [0, 0.05) is 12.8 Å². The fourth-order valence-corrected chi connectivity index (χ4v) is 1.06. The summed E-state index contributed by atoms with van der Waals surface area (Å²) in [5.74, 6) is -0.284. The molecule has 0 saturated heterocycles. The highest BCUT2D eigenvalue weighted by molar-refractivity contribution is 7.88. The van der Waals surface area contributed by atoms with Gasteiger partial charge in [-0.3, -0.25) is 0 Å². The van der Waals surface area contributed by atoms with E-state index in [1.165, 1.54) is 7.05 Å².